The average molecular weight is 331 g/mol. The third-order valence-corrected chi connectivity index (χ3v) is 5.33. The number of hydrogen-bond acceptors (Lipinski definition) is 4. The minimum absolute atomic E-state index is 0.0155. The third-order valence-electron chi connectivity index (χ3n) is 4.96. The van der Waals surface area contributed by atoms with E-state index in [4.69, 9.17) is 9.31 Å². The number of fused-ring (bicyclic) bond motifs is 1. The summed E-state index contributed by atoms with van der Waals surface area (Å²) in [4.78, 5) is 11.8. The van der Waals surface area contributed by atoms with Crippen LogP contribution in [-0.2, 0) is 15.9 Å². The lowest BCUT2D eigenvalue weighted by Crippen LogP contribution is -2.41. The number of carbonyl (C=O) groups is 1. The number of carbonyl (C=O) groups excluding carboxylic acids is 1. The Morgan fingerprint density at radius 3 is 2.57 bits per heavy atom. The zero-order valence-corrected chi connectivity index (χ0v) is 14.9. The van der Waals surface area contributed by atoms with E-state index in [1.165, 1.54) is 0 Å². The topological polar surface area (TPSA) is 47.6 Å². The fourth-order valence-electron chi connectivity index (χ4n) is 2.80. The molecule has 0 aliphatic carbocycles. The van der Waals surface area contributed by atoms with E-state index in [0.29, 0.717) is 12.3 Å². The van der Waals surface area contributed by atoms with Gasteiger partial charge < -0.3 is 14.6 Å². The molecule has 2 aliphatic heterocycles. The predicted octanol–water partition coefficient (Wildman–Crippen LogP) is 2.87. The van der Waals surface area contributed by atoms with Crippen molar-refractivity contribution in [3.05, 3.63) is 40.4 Å². The van der Waals surface area contributed by atoms with Crippen LogP contribution in [0.25, 0.3) is 6.08 Å². The summed E-state index contributed by atoms with van der Waals surface area (Å²) in [6.45, 7) is 8.69. The second-order valence-electron chi connectivity index (χ2n) is 7.02. The van der Waals surface area contributed by atoms with Crippen LogP contribution >= 0.6 is 12.6 Å². The van der Waals surface area contributed by atoms with Crippen LogP contribution in [0.2, 0.25) is 0 Å². The third kappa shape index (κ3) is 2.84. The van der Waals surface area contributed by atoms with E-state index in [1.807, 2.05) is 52.0 Å². The van der Waals surface area contributed by atoms with E-state index in [0.717, 1.165) is 22.2 Å². The summed E-state index contributed by atoms with van der Waals surface area (Å²) in [6.07, 6.45) is 2.04. The van der Waals surface area contributed by atoms with Crippen LogP contribution in [0.1, 0.15) is 49.2 Å². The summed E-state index contributed by atoms with van der Waals surface area (Å²) < 4.78 is 12.2. The highest BCUT2D eigenvalue weighted by Crippen LogP contribution is 2.39. The Kier molecular flexibility index (Phi) is 4.11. The molecule has 1 fully saturated rings. The number of benzene rings is 1. The minimum atomic E-state index is -0.418. The van der Waals surface area contributed by atoms with Crippen molar-refractivity contribution < 1.29 is 14.1 Å². The number of amides is 1. The van der Waals surface area contributed by atoms with Gasteiger partial charge in [0.05, 0.1) is 11.2 Å². The summed E-state index contributed by atoms with van der Waals surface area (Å²) in [5.41, 5.74) is 2.98. The quantitative estimate of drug-likeness (QED) is 0.661. The van der Waals surface area contributed by atoms with Crippen molar-refractivity contribution >= 4 is 31.7 Å². The van der Waals surface area contributed by atoms with Gasteiger partial charge in [-0.1, -0.05) is 18.2 Å². The van der Waals surface area contributed by atoms with Crippen LogP contribution in [-0.4, -0.2) is 30.0 Å². The molecule has 1 N–H and O–H groups in total. The Bertz CT molecular complexity index is 668. The molecular formula is C17H22BNO3S. The van der Waals surface area contributed by atoms with Gasteiger partial charge in [-0.05, 0) is 50.4 Å². The molecule has 0 aromatic heterocycles. The van der Waals surface area contributed by atoms with Gasteiger partial charge in [-0.25, -0.2) is 0 Å². The molecule has 0 atom stereocenters. The van der Waals surface area contributed by atoms with Crippen molar-refractivity contribution in [1.29, 1.82) is 0 Å². The lowest BCUT2D eigenvalue weighted by molar-refractivity contribution is 0.00578. The summed E-state index contributed by atoms with van der Waals surface area (Å²) >= 11 is 4.45. The number of nitrogens with one attached hydrogen (secondary N) is 1. The van der Waals surface area contributed by atoms with Crippen LogP contribution in [0, 0.1) is 0 Å². The van der Waals surface area contributed by atoms with Crippen molar-refractivity contribution in [1.82, 2.24) is 5.32 Å². The number of hydrogen-bond donors (Lipinski definition) is 2. The van der Waals surface area contributed by atoms with Gasteiger partial charge in [0, 0.05) is 17.9 Å². The van der Waals surface area contributed by atoms with E-state index in [2.05, 4.69) is 17.9 Å². The van der Waals surface area contributed by atoms with E-state index in [9.17, 15) is 4.79 Å². The lowest BCUT2D eigenvalue weighted by atomic mass is 9.78. The molecule has 3 rings (SSSR count). The Labute approximate surface area is 143 Å². The van der Waals surface area contributed by atoms with Crippen molar-refractivity contribution in [2.24, 2.45) is 0 Å². The molecule has 1 amide bonds. The van der Waals surface area contributed by atoms with Gasteiger partial charge in [-0.3, -0.25) is 4.79 Å². The zero-order valence-electron chi connectivity index (χ0n) is 14.0. The maximum absolute atomic E-state index is 11.8. The molecule has 4 nitrogen and oxygen atoms in total. The molecular weight excluding hydrogens is 309 g/mol. The summed E-state index contributed by atoms with van der Waals surface area (Å²) in [6, 6.07) is 5.76. The number of rotatable bonds is 3. The largest absolute Gasteiger partial charge is 0.491 e. The first-order valence-electron chi connectivity index (χ1n) is 7.82. The molecule has 0 saturated carbocycles. The standard InChI is InChI=1S/C17H22BNO3S/c1-16(2)17(3,4)22-18(21-16)12(10-23)8-11-6-5-7-13-14(11)9-19-15(13)20/h5-8,23H,9-10H2,1-4H3,(H,19,20). The number of thiol groups is 1. The molecule has 0 unspecified atom stereocenters. The van der Waals surface area contributed by atoms with Crippen LogP contribution < -0.4 is 5.32 Å². The molecule has 0 spiro atoms. The first kappa shape index (κ1) is 16.6. The fraction of sp³-hybridized carbons (Fsp3) is 0.471. The van der Waals surface area contributed by atoms with Crippen molar-refractivity contribution in [3.63, 3.8) is 0 Å². The molecule has 0 bridgehead atoms. The minimum Gasteiger partial charge on any atom is -0.400 e. The Balaban J connectivity index is 1.94. The fourth-order valence-corrected chi connectivity index (χ4v) is 3.04. The highest BCUT2D eigenvalue weighted by Gasteiger charge is 2.52. The van der Waals surface area contributed by atoms with E-state index in [1.54, 1.807) is 0 Å². The van der Waals surface area contributed by atoms with Crippen molar-refractivity contribution in [2.75, 3.05) is 5.75 Å². The molecule has 23 heavy (non-hydrogen) atoms. The SMILES string of the molecule is CC1(C)OB(C(=Cc2cccc3c2CNC3=O)CS)OC1(C)C. The Hall–Kier alpha value is -1.24. The molecule has 2 aliphatic rings. The summed E-state index contributed by atoms with van der Waals surface area (Å²) in [5, 5.41) is 2.86. The molecule has 2 heterocycles. The van der Waals surface area contributed by atoms with E-state index < -0.39 is 7.12 Å². The summed E-state index contributed by atoms with van der Waals surface area (Å²) in [7, 11) is -0.418. The van der Waals surface area contributed by atoms with Gasteiger partial charge in [0.1, 0.15) is 0 Å². The van der Waals surface area contributed by atoms with Gasteiger partial charge in [0.2, 0.25) is 0 Å². The zero-order chi connectivity index (χ0) is 16.8. The molecule has 1 aromatic carbocycles. The molecule has 1 saturated heterocycles. The molecule has 0 radical (unpaired) electrons. The molecule has 122 valence electrons. The smallest absolute Gasteiger partial charge is 0.400 e. The van der Waals surface area contributed by atoms with Crippen LogP contribution in [0.5, 0.6) is 0 Å². The maximum Gasteiger partial charge on any atom is 0.491 e. The summed E-state index contributed by atoms with van der Waals surface area (Å²) in [5.74, 6) is 0.514. The van der Waals surface area contributed by atoms with E-state index >= 15 is 0 Å². The van der Waals surface area contributed by atoms with E-state index in [-0.39, 0.29) is 17.1 Å². The highest BCUT2D eigenvalue weighted by molar-refractivity contribution is 7.80. The predicted molar refractivity (Wildman–Crippen MR) is 95.5 cm³/mol. The lowest BCUT2D eigenvalue weighted by Gasteiger charge is -2.32. The Morgan fingerprint density at radius 1 is 1.30 bits per heavy atom. The van der Waals surface area contributed by atoms with Crippen molar-refractivity contribution in [3.8, 4) is 0 Å². The normalized spacial score (nSPS) is 22.2. The Morgan fingerprint density at radius 2 is 1.96 bits per heavy atom. The van der Waals surface area contributed by atoms with Gasteiger partial charge in [-0.2, -0.15) is 12.6 Å². The average Bonchev–Trinajstić information content (AvgIpc) is 2.95. The van der Waals surface area contributed by atoms with Gasteiger partial charge in [0.25, 0.3) is 5.91 Å². The molecule has 1 aromatic rings. The monoisotopic (exact) mass is 331 g/mol. The van der Waals surface area contributed by atoms with Gasteiger partial charge in [-0.15, -0.1) is 0 Å². The van der Waals surface area contributed by atoms with Crippen LogP contribution in [0.4, 0.5) is 0 Å². The van der Waals surface area contributed by atoms with Gasteiger partial charge >= 0.3 is 7.12 Å². The first-order valence-corrected chi connectivity index (χ1v) is 8.45. The van der Waals surface area contributed by atoms with Crippen molar-refractivity contribution in [2.45, 2.75) is 45.4 Å². The van der Waals surface area contributed by atoms with Crippen LogP contribution in [0.15, 0.2) is 23.7 Å². The first-order chi connectivity index (χ1) is 10.7. The second-order valence-corrected chi connectivity index (χ2v) is 7.34. The maximum atomic E-state index is 11.8. The second kappa shape index (κ2) is 5.69. The van der Waals surface area contributed by atoms with Gasteiger partial charge in [0.15, 0.2) is 0 Å². The van der Waals surface area contributed by atoms with Crippen LogP contribution in [0.3, 0.4) is 0 Å². The highest BCUT2D eigenvalue weighted by atomic mass is 32.1. The molecule has 6 heteroatoms.